The lowest BCUT2D eigenvalue weighted by Crippen LogP contribution is -2.25. The van der Waals surface area contributed by atoms with E-state index in [4.69, 9.17) is 11.6 Å². The first kappa shape index (κ1) is 15.8. The number of aromatic nitrogens is 4. The number of halogens is 1. The molecule has 2 aromatic heterocycles. The Hall–Kier alpha value is -2.66. The zero-order valence-corrected chi connectivity index (χ0v) is 14.7. The Morgan fingerprint density at radius 2 is 1.76 bits per heavy atom. The Morgan fingerprint density at radius 3 is 2.48 bits per heavy atom. The van der Waals surface area contributed by atoms with E-state index in [1.165, 1.54) is 0 Å². The van der Waals surface area contributed by atoms with Gasteiger partial charge in [-0.1, -0.05) is 37.6 Å². The molecule has 6 heteroatoms. The SMILES string of the molecule is CC(C)Cn1c(=O)c2ccccc2n2c(-c3ccc(Cl)cc3)nnc12. The van der Waals surface area contributed by atoms with Crippen LogP contribution in [0.4, 0.5) is 0 Å². The molecule has 0 aliphatic heterocycles. The van der Waals surface area contributed by atoms with Crippen LogP contribution in [-0.4, -0.2) is 19.2 Å². The molecule has 0 radical (unpaired) electrons. The molecule has 4 rings (SSSR count). The molecule has 25 heavy (non-hydrogen) atoms. The number of hydrogen-bond acceptors (Lipinski definition) is 3. The van der Waals surface area contributed by atoms with Crippen molar-refractivity contribution in [3.05, 3.63) is 63.9 Å². The maximum Gasteiger partial charge on any atom is 0.262 e. The molecule has 0 aliphatic rings. The van der Waals surface area contributed by atoms with Crippen molar-refractivity contribution >= 4 is 28.3 Å². The summed E-state index contributed by atoms with van der Waals surface area (Å²) in [5, 5.41) is 10.0. The Kier molecular flexibility index (Phi) is 3.81. The Balaban J connectivity index is 2.12. The maximum atomic E-state index is 12.9. The Bertz CT molecular complexity index is 1130. The van der Waals surface area contributed by atoms with Crippen LogP contribution in [0.1, 0.15) is 13.8 Å². The molecule has 0 spiro atoms. The molecule has 126 valence electrons. The van der Waals surface area contributed by atoms with E-state index in [-0.39, 0.29) is 5.56 Å². The highest BCUT2D eigenvalue weighted by atomic mass is 35.5. The highest BCUT2D eigenvalue weighted by Gasteiger charge is 2.17. The van der Waals surface area contributed by atoms with Crippen molar-refractivity contribution < 1.29 is 0 Å². The molecule has 0 saturated heterocycles. The van der Waals surface area contributed by atoms with Gasteiger partial charge in [0.15, 0.2) is 5.82 Å². The summed E-state index contributed by atoms with van der Waals surface area (Å²) in [6.45, 7) is 4.75. The summed E-state index contributed by atoms with van der Waals surface area (Å²) >= 11 is 6.00. The molecule has 0 fully saturated rings. The second kappa shape index (κ2) is 6.01. The lowest BCUT2D eigenvalue weighted by Gasteiger charge is -2.13. The van der Waals surface area contributed by atoms with Crippen LogP contribution in [0.5, 0.6) is 0 Å². The first-order valence-corrected chi connectivity index (χ1v) is 8.56. The van der Waals surface area contributed by atoms with Gasteiger partial charge in [0.25, 0.3) is 5.56 Å². The second-order valence-corrected chi connectivity index (χ2v) is 6.93. The summed E-state index contributed by atoms with van der Waals surface area (Å²) in [5.41, 5.74) is 1.67. The minimum Gasteiger partial charge on any atom is -0.276 e. The minimum atomic E-state index is -0.0353. The Labute approximate surface area is 149 Å². The van der Waals surface area contributed by atoms with Crippen molar-refractivity contribution in [3.63, 3.8) is 0 Å². The van der Waals surface area contributed by atoms with E-state index >= 15 is 0 Å². The van der Waals surface area contributed by atoms with Crippen LogP contribution in [0.15, 0.2) is 53.3 Å². The summed E-state index contributed by atoms with van der Waals surface area (Å²) < 4.78 is 3.65. The van der Waals surface area contributed by atoms with E-state index in [0.717, 1.165) is 11.1 Å². The summed E-state index contributed by atoms with van der Waals surface area (Å²) in [6, 6.07) is 15.0. The fraction of sp³-hybridized carbons (Fsp3) is 0.211. The fourth-order valence-electron chi connectivity index (χ4n) is 3.07. The van der Waals surface area contributed by atoms with Crippen LogP contribution in [0.25, 0.3) is 28.1 Å². The highest BCUT2D eigenvalue weighted by Crippen LogP contribution is 2.24. The average Bonchev–Trinajstić information content (AvgIpc) is 3.04. The standard InChI is InChI=1S/C19H17ClN4O/c1-12(2)11-23-18(25)15-5-3-4-6-16(15)24-17(21-22-19(23)24)13-7-9-14(20)10-8-13/h3-10,12H,11H2,1-2H3. The molecule has 2 heterocycles. The summed E-state index contributed by atoms with van der Waals surface area (Å²) in [5.74, 6) is 1.57. The van der Waals surface area contributed by atoms with Gasteiger partial charge >= 0.3 is 0 Å². The van der Waals surface area contributed by atoms with Crippen LogP contribution >= 0.6 is 11.6 Å². The van der Waals surface area contributed by atoms with Gasteiger partial charge in [0.2, 0.25) is 5.78 Å². The van der Waals surface area contributed by atoms with E-state index in [1.807, 2.05) is 52.9 Å². The Morgan fingerprint density at radius 1 is 1.04 bits per heavy atom. The summed E-state index contributed by atoms with van der Waals surface area (Å²) in [4.78, 5) is 12.9. The smallest absolute Gasteiger partial charge is 0.262 e. The molecule has 2 aromatic carbocycles. The van der Waals surface area contributed by atoms with Crippen LogP contribution in [0, 0.1) is 5.92 Å². The molecular weight excluding hydrogens is 336 g/mol. The highest BCUT2D eigenvalue weighted by molar-refractivity contribution is 6.30. The molecular formula is C19H17ClN4O. The lowest BCUT2D eigenvalue weighted by atomic mass is 10.2. The molecule has 0 saturated carbocycles. The van der Waals surface area contributed by atoms with Crippen LogP contribution in [-0.2, 0) is 6.54 Å². The van der Waals surface area contributed by atoms with Gasteiger partial charge in [-0.2, -0.15) is 0 Å². The zero-order chi connectivity index (χ0) is 17.6. The molecule has 0 bridgehead atoms. The topological polar surface area (TPSA) is 52.2 Å². The first-order chi connectivity index (χ1) is 12.1. The monoisotopic (exact) mass is 352 g/mol. The molecule has 4 aromatic rings. The van der Waals surface area contributed by atoms with E-state index in [0.29, 0.717) is 34.5 Å². The van der Waals surface area contributed by atoms with Gasteiger partial charge in [0.05, 0.1) is 10.9 Å². The number of nitrogens with zero attached hydrogens (tertiary/aromatic N) is 4. The molecule has 0 amide bonds. The van der Waals surface area contributed by atoms with Crippen molar-refractivity contribution in [1.29, 1.82) is 0 Å². The zero-order valence-electron chi connectivity index (χ0n) is 14.0. The summed E-state index contributed by atoms with van der Waals surface area (Å²) in [7, 11) is 0. The maximum absolute atomic E-state index is 12.9. The number of hydrogen-bond donors (Lipinski definition) is 0. The predicted molar refractivity (Wildman–Crippen MR) is 100 cm³/mol. The van der Waals surface area contributed by atoms with Crippen LogP contribution in [0.3, 0.4) is 0 Å². The van der Waals surface area contributed by atoms with E-state index < -0.39 is 0 Å². The number of para-hydroxylation sites is 1. The van der Waals surface area contributed by atoms with Crippen molar-refractivity contribution in [3.8, 4) is 11.4 Å². The van der Waals surface area contributed by atoms with Crippen molar-refractivity contribution in [2.75, 3.05) is 0 Å². The van der Waals surface area contributed by atoms with Gasteiger partial charge in [-0.15, -0.1) is 10.2 Å². The number of fused-ring (bicyclic) bond motifs is 3. The van der Waals surface area contributed by atoms with Crippen molar-refractivity contribution in [2.24, 2.45) is 5.92 Å². The quantitative estimate of drug-likeness (QED) is 0.559. The number of rotatable bonds is 3. The molecule has 0 unspecified atom stereocenters. The third-order valence-corrected chi connectivity index (χ3v) is 4.41. The van der Waals surface area contributed by atoms with Crippen molar-refractivity contribution in [1.82, 2.24) is 19.2 Å². The van der Waals surface area contributed by atoms with E-state index in [9.17, 15) is 4.79 Å². The third kappa shape index (κ3) is 2.61. The van der Waals surface area contributed by atoms with Crippen molar-refractivity contribution in [2.45, 2.75) is 20.4 Å². The van der Waals surface area contributed by atoms with Gasteiger partial charge in [-0.05, 0) is 42.3 Å². The van der Waals surface area contributed by atoms with E-state index in [1.54, 1.807) is 4.57 Å². The lowest BCUT2D eigenvalue weighted by molar-refractivity contribution is 0.518. The molecule has 0 aliphatic carbocycles. The van der Waals surface area contributed by atoms with E-state index in [2.05, 4.69) is 24.0 Å². The van der Waals surface area contributed by atoms with Gasteiger partial charge in [-0.3, -0.25) is 13.8 Å². The van der Waals surface area contributed by atoms with Crippen LogP contribution in [0.2, 0.25) is 5.02 Å². The normalized spacial score (nSPS) is 11.7. The largest absolute Gasteiger partial charge is 0.276 e. The molecule has 0 N–H and O–H groups in total. The predicted octanol–water partition coefficient (Wildman–Crippen LogP) is 4.02. The first-order valence-electron chi connectivity index (χ1n) is 8.19. The average molecular weight is 353 g/mol. The van der Waals surface area contributed by atoms with Gasteiger partial charge in [-0.25, -0.2) is 0 Å². The van der Waals surface area contributed by atoms with Gasteiger partial charge in [0, 0.05) is 17.1 Å². The van der Waals surface area contributed by atoms with Crippen LogP contribution < -0.4 is 5.56 Å². The third-order valence-electron chi connectivity index (χ3n) is 4.16. The second-order valence-electron chi connectivity index (χ2n) is 6.49. The fourth-order valence-corrected chi connectivity index (χ4v) is 3.20. The number of benzene rings is 2. The summed E-state index contributed by atoms with van der Waals surface area (Å²) in [6.07, 6.45) is 0. The molecule has 0 atom stereocenters. The van der Waals surface area contributed by atoms with Gasteiger partial charge in [0.1, 0.15) is 0 Å². The molecule has 5 nitrogen and oxygen atoms in total. The minimum absolute atomic E-state index is 0.0353. The van der Waals surface area contributed by atoms with Gasteiger partial charge < -0.3 is 0 Å².